The van der Waals surface area contributed by atoms with E-state index in [9.17, 15) is 0 Å². The molecule has 2 rings (SSSR count). The van der Waals surface area contributed by atoms with Crippen molar-refractivity contribution in [3.8, 4) is 0 Å². The van der Waals surface area contributed by atoms with Gasteiger partial charge in [0, 0.05) is 51.5 Å². The predicted molar refractivity (Wildman–Crippen MR) is 106 cm³/mol. The van der Waals surface area contributed by atoms with Crippen LogP contribution in [0.2, 0.25) is 5.02 Å². The minimum Gasteiger partial charge on any atom is -0.357 e. The highest BCUT2D eigenvalue weighted by molar-refractivity contribution is 14.0. The lowest BCUT2D eigenvalue weighted by Gasteiger charge is -2.22. The van der Waals surface area contributed by atoms with E-state index in [0.717, 1.165) is 36.3 Å². The molecule has 0 unspecified atom stereocenters. The molecule has 128 valence electrons. The fourth-order valence-electron chi connectivity index (χ4n) is 2.20. The number of guanidine groups is 1. The molecule has 0 fully saturated rings. The first kappa shape index (κ1) is 19.8. The molecule has 0 amide bonds. The van der Waals surface area contributed by atoms with E-state index < -0.39 is 0 Å². The summed E-state index contributed by atoms with van der Waals surface area (Å²) in [6.07, 6.45) is 7.43. The van der Waals surface area contributed by atoms with Crippen molar-refractivity contribution in [3.63, 3.8) is 0 Å². The van der Waals surface area contributed by atoms with Gasteiger partial charge < -0.3 is 19.4 Å². The first-order chi connectivity index (χ1) is 10.6. The highest BCUT2D eigenvalue weighted by atomic mass is 127. The van der Waals surface area contributed by atoms with Crippen molar-refractivity contribution in [1.82, 2.24) is 24.3 Å². The van der Waals surface area contributed by atoms with Crippen LogP contribution in [0.15, 0.2) is 36.0 Å². The fourth-order valence-corrected chi connectivity index (χ4v) is 2.47. The van der Waals surface area contributed by atoms with Gasteiger partial charge in [-0.25, -0.2) is 4.98 Å². The second kappa shape index (κ2) is 9.82. The predicted octanol–water partition coefficient (Wildman–Crippen LogP) is 2.59. The number of halogens is 2. The number of aryl methyl sites for hydroxylation is 1. The molecule has 0 aliphatic heterocycles. The molecule has 2 aromatic rings. The molecule has 23 heavy (non-hydrogen) atoms. The molecule has 0 radical (unpaired) electrons. The lowest BCUT2D eigenvalue weighted by molar-refractivity contribution is 0.461. The molecule has 1 N–H and O–H groups in total. The summed E-state index contributed by atoms with van der Waals surface area (Å²) < 4.78 is 4.05. The average Bonchev–Trinajstić information content (AvgIpc) is 3.08. The monoisotopic (exact) mass is 450 g/mol. The van der Waals surface area contributed by atoms with Gasteiger partial charge in [0.1, 0.15) is 0 Å². The van der Waals surface area contributed by atoms with Gasteiger partial charge in [0.25, 0.3) is 0 Å². The Balaban J connectivity index is 0.00000264. The first-order valence-electron chi connectivity index (χ1n) is 7.36. The average molecular weight is 451 g/mol. The van der Waals surface area contributed by atoms with Gasteiger partial charge in [0.05, 0.1) is 24.4 Å². The number of imidazole rings is 1. The Kier molecular flexibility index (Phi) is 8.46. The Labute approximate surface area is 159 Å². The van der Waals surface area contributed by atoms with Gasteiger partial charge in [-0.05, 0) is 13.0 Å². The highest BCUT2D eigenvalue weighted by Crippen LogP contribution is 2.14. The van der Waals surface area contributed by atoms with Crippen LogP contribution in [0.3, 0.4) is 0 Å². The zero-order valence-corrected chi connectivity index (χ0v) is 16.8. The Morgan fingerprint density at radius 1 is 1.48 bits per heavy atom. The fraction of sp³-hybridized carbons (Fsp3) is 0.467. The maximum Gasteiger partial charge on any atom is 0.194 e. The van der Waals surface area contributed by atoms with Gasteiger partial charge in [-0.2, -0.15) is 0 Å². The zero-order valence-electron chi connectivity index (χ0n) is 13.7. The summed E-state index contributed by atoms with van der Waals surface area (Å²) in [7, 11) is 4.03. The minimum absolute atomic E-state index is 0. The number of rotatable bonds is 6. The van der Waals surface area contributed by atoms with E-state index in [1.807, 2.05) is 41.7 Å². The molecular weight excluding hydrogens is 427 g/mol. The maximum absolute atomic E-state index is 6.04. The molecule has 0 bridgehead atoms. The van der Waals surface area contributed by atoms with Crippen molar-refractivity contribution in [2.24, 2.45) is 12.0 Å². The molecule has 0 aliphatic rings. The number of hydrogen-bond acceptors (Lipinski definition) is 2. The normalized spacial score (nSPS) is 11.2. The third-order valence-electron chi connectivity index (χ3n) is 3.35. The van der Waals surface area contributed by atoms with Crippen LogP contribution in [0.5, 0.6) is 0 Å². The maximum atomic E-state index is 6.04. The van der Waals surface area contributed by atoms with Crippen molar-refractivity contribution in [3.05, 3.63) is 41.7 Å². The molecule has 0 atom stereocenters. The summed E-state index contributed by atoms with van der Waals surface area (Å²) >= 11 is 6.04. The van der Waals surface area contributed by atoms with Crippen molar-refractivity contribution in [2.45, 2.75) is 20.0 Å². The summed E-state index contributed by atoms with van der Waals surface area (Å²) in [5.74, 6) is 0.889. The van der Waals surface area contributed by atoms with Crippen molar-refractivity contribution < 1.29 is 0 Å². The number of aliphatic imine (C=N–C) groups is 1. The smallest absolute Gasteiger partial charge is 0.194 e. The van der Waals surface area contributed by atoms with E-state index in [4.69, 9.17) is 11.6 Å². The van der Waals surface area contributed by atoms with Gasteiger partial charge >= 0.3 is 0 Å². The Morgan fingerprint density at radius 2 is 2.26 bits per heavy atom. The van der Waals surface area contributed by atoms with Crippen LogP contribution in [0, 0.1) is 0 Å². The summed E-state index contributed by atoms with van der Waals surface area (Å²) in [6.45, 7) is 5.18. The number of nitrogens with one attached hydrogen (secondary N) is 1. The van der Waals surface area contributed by atoms with Gasteiger partial charge in [-0.3, -0.25) is 4.99 Å². The van der Waals surface area contributed by atoms with E-state index in [1.54, 1.807) is 12.5 Å². The Bertz CT molecular complexity index is 608. The van der Waals surface area contributed by atoms with Crippen molar-refractivity contribution in [1.29, 1.82) is 0 Å². The Hall–Kier alpha value is -1.22. The molecule has 0 saturated carbocycles. The van der Waals surface area contributed by atoms with Gasteiger partial charge in [0.2, 0.25) is 0 Å². The lowest BCUT2D eigenvalue weighted by Crippen LogP contribution is -2.39. The van der Waals surface area contributed by atoms with Crippen LogP contribution in [0.1, 0.15) is 12.6 Å². The van der Waals surface area contributed by atoms with Crippen LogP contribution in [0.25, 0.3) is 0 Å². The van der Waals surface area contributed by atoms with E-state index in [0.29, 0.717) is 6.54 Å². The molecule has 8 heteroatoms. The second-order valence-corrected chi connectivity index (χ2v) is 5.59. The molecule has 0 aliphatic carbocycles. The molecule has 0 aromatic carbocycles. The van der Waals surface area contributed by atoms with E-state index in [1.165, 1.54) is 0 Å². The molecule has 6 nitrogen and oxygen atoms in total. The van der Waals surface area contributed by atoms with Gasteiger partial charge in [-0.15, -0.1) is 24.0 Å². The molecule has 2 heterocycles. The van der Waals surface area contributed by atoms with E-state index >= 15 is 0 Å². The zero-order chi connectivity index (χ0) is 15.9. The molecule has 2 aromatic heterocycles. The number of nitrogens with zero attached hydrogens (tertiary/aromatic N) is 5. The first-order valence-corrected chi connectivity index (χ1v) is 7.74. The largest absolute Gasteiger partial charge is 0.357 e. The summed E-state index contributed by atoms with van der Waals surface area (Å²) in [5.41, 5.74) is 1.15. The molecule has 0 spiro atoms. The quantitative estimate of drug-likeness (QED) is 0.418. The standard InChI is InChI=1S/C15H23ClN6.HI/c1-4-18-15(19-6-8-22-7-5-17-12-22)21(3)11-14-9-13(16)10-20(14)2;/h5,7,9-10,12H,4,6,8,11H2,1-3H3,(H,18,19);1H. The number of hydrogen-bond donors (Lipinski definition) is 1. The second-order valence-electron chi connectivity index (χ2n) is 5.15. The SMILES string of the molecule is CCNC(=NCCn1ccnc1)N(C)Cc1cc(Cl)cn1C.I. The Morgan fingerprint density at radius 3 is 2.83 bits per heavy atom. The molecule has 0 saturated heterocycles. The minimum atomic E-state index is 0. The van der Waals surface area contributed by atoms with Crippen LogP contribution in [-0.2, 0) is 20.1 Å². The van der Waals surface area contributed by atoms with Crippen molar-refractivity contribution in [2.75, 3.05) is 20.1 Å². The van der Waals surface area contributed by atoms with Crippen molar-refractivity contribution >= 4 is 41.5 Å². The molecular formula is C15H24ClIN6. The lowest BCUT2D eigenvalue weighted by atomic mass is 10.4. The summed E-state index contributed by atoms with van der Waals surface area (Å²) in [5, 5.41) is 4.08. The van der Waals surface area contributed by atoms with Crippen LogP contribution < -0.4 is 5.32 Å². The summed E-state index contributed by atoms with van der Waals surface area (Å²) in [6, 6.07) is 1.98. The van der Waals surface area contributed by atoms with Crippen LogP contribution >= 0.6 is 35.6 Å². The highest BCUT2D eigenvalue weighted by Gasteiger charge is 2.09. The van der Waals surface area contributed by atoms with Crippen LogP contribution in [0.4, 0.5) is 0 Å². The topological polar surface area (TPSA) is 50.4 Å². The van der Waals surface area contributed by atoms with E-state index in [-0.39, 0.29) is 24.0 Å². The van der Waals surface area contributed by atoms with E-state index in [2.05, 4.69) is 27.1 Å². The van der Waals surface area contributed by atoms with Gasteiger partial charge in [-0.1, -0.05) is 11.6 Å². The van der Waals surface area contributed by atoms with Gasteiger partial charge in [0.15, 0.2) is 5.96 Å². The third-order valence-corrected chi connectivity index (χ3v) is 3.56. The summed E-state index contributed by atoms with van der Waals surface area (Å²) in [4.78, 5) is 10.8. The third kappa shape index (κ3) is 6.06. The number of aromatic nitrogens is 3. The van der Waals surface area contributed by atoms with Crippen LogP contribution in [-0.4, -0.2) is 45.1 Å².